The van der Waals surface area contributed by atoms with Crippen LogP contribution in [0, 0.1) is 0 Å². The summed E-state index contributed by atoms with van der Waals surface area (Å²) in [5.74, 6) is 1.94. The zero-order valence-corrected chi connectivity index (χ0v) is 13.0. The van der Waals surface area contributed by atoms with Crippen molar-refractivity contribution in [2.24, 2.45) is 0 Å². The molecular weight excluding hydrogens is 302 g/mol. The van der Waals surface area contributed by atoms with E-state index in [2.05, 4.69) is 9.67 Å². The van der Waals surface area contributed by atoms with Crippen molar-refractivity contribution in [2.45, 2.75) is 37.6 Å². The van der Waals surface area contributed by atoms with Gasteiger partial charge in [-0.1, -0.05) is 11.6 Å². The first-order valence-electron chi connectivity index (χ1n) is 7.76. The highest BCUT2D eigenvalue weighted by Gasteiger charge is 2.29. The molecule has 6 heteroatoms. The van der Waals surface area contributed by atoms with Gasteiger partial charge in [-0.15, -0.1) is 0 Å². The van der Waals surface area contributed by atoms with Crippen LogP contribution in [-0.2, 0) is 4.74 Å². The van der Waals surface area contributed by atoms with Crippen LogP contribution in [0.4, 0.5) is 0 Å². The predicted molar refractivity (Wildman–Crippen MR) is 82.6 cm³/mol. The summed E-state index contributed by atoms with van der Waals surface area (Å²) in [6, 6.07) is 4.08. The van der Waals surface area contributed by atoms with Gasteiger partial charge in [-0.3, -0.25) is 4.68 Å². The van der Waals surface area contributed by atoms with Gasteiger partial charge in [0.25, 0.3) is 0 Å². The molecule has 0 amide bonds. The SMILES string of the molecule is Clc1cc(Oc2cn(C3CC3)nc2C2CCOCC2)ccn1. The molecule has 0 radical (unpaired) electrons. The molecule has 2 aliphatic rings. The molecule has 1 aliphatic carbocycles. The Labute approximate surface area is 134 Å². The molecule has 2 aromatic heterocycles. The molecule has 2 aromatic rings. The van der Waals surface area contributed by atoms with Gasteiger partial charge in [-0.2, -0.15) is 5.10 Å². The second kappa shape index (κ2) is 5.89. The molecule has 2 fully saturated rings. The molecule has 116 valence electrons. The zero-order valence-electron chi connectivity index (χ0n) is 12.2. The van der Waals surface area contributed by atoms with E-state index >= 15 is 0 Å². The molecule has 1 aliphatic heterocycles. The predicted octanol–water partition coefficient (Wildman–Crippen LogP) is 3.95. The minimum Gasteiger partial charge on any atom is -0.454 e. The third-order valence-electron chi connectivity index (χ3n) is 4.18. The fraction of sp³-hybridized carbons (Fsp3) is 0.500. The van der Waals surface area contributed by atoms with Gasteiger partial charge in [0.15, 0.2) is 5.75 Å². The molecule has 0 bridgehead atoms. The van der Waals surface area contributed by atoms with Crippen molar-refractivity contribution in [3.05, 3.63) is 35.4 Å². The average Bonchev–Trinajstić information content (AvgIpc) is 3.30. The number of rotatable bonds is 4. The lowest BCUT2D eigenvalue weighted by atomic mass is 9.96. The highest BCUT2D eigenvalue weighted by Crippen LogP contribution is 2.40. The van der Waals surface area contributed by atoms with Crippen molar-refractivity contribution in [1.82, 2.24) is 14.8 Å². The second-order valence-corrected chi connectivity index (χ2v) is 6.28. The molecule has 1 saturated carbocycles. The van der Waals surface area contributed by atoms with E-state index in [0.29, 0.717) is 22.9 Å². The van der Waals surface area contributed by atoms with E-state index in [1.807, 2.05) is 12.3 Å². The van der Waals surface area contributed by atoms with Gasteiger partial charge >= 0.3 is 0 Å². The van der Waals surface area contributed by atoms with E-state index in [-0.39, 0.29) is 0 Å². The molecule has 5 nitrogen and oxygen atoms in total. The van der Waals surface area contributed by atoms with Crippen molar-refractivity contribution >= 4 is 11.6 Å². The normalized spacial score (nSPS) is 19.3. The molecule has 22 heavy (non-hydrogen) atoms. The largest absolute Gasteiger partial charge is 0.454 e. The van der Waals surface area contributed by atoms with E-state index in [0.717, 1.165) is 37.5 Å². The smallest absolute Gasteiger partial charge is 0.168 e. The third-order valence-corrected chi connectivity index (χ3v) is 4.39. The highest BCUT2D eigenvalue weighted by atomic mass is 35.5. The van der Waals surface area contributed by atoms with Crippen LogP contribution in [0.15, 0.2) is 24.5 Å². The Morgan fingerprint density at radius 1 is 1.23 bits per heavy atom. The van der Waals surface area contributed by atoms with Crippen molar-refractivity contribution in [1.29, 1.82) is 0 Å². The van der Waals surface area contributed by atoms with E-state index in [9.17, 15) is 0 Å². The van der Waals surface area contributed by atoms with Crippen LogP contribution in [0.5, 0.6) is 11.5 Å². The van der Waals surface area contributed by atoms with Gasteiger partial charge in [-0.05, 0) is 31.7 Å². The summed E-state index contributed by atoms with van der Waals surface area (Å²) in [4.78, 5) is 3.99. The van der Waals surface area contributed by atoms with Crippen LogP contribution >= 0.6 is 11.6 Å². The fourth-order valence-corrected chi connectivity index (χ4v) is 2.99. The Balaban J connectivity index is 1.63. The number of hydrogen-bond acceptors (Lipinski definition) is 4. The van der Waals surface area contributed by atoms with E-state index < -0.39 is 0 Å². The molecule has 0 aromatic carbocycles. The Morgan fingerprint density at radius 3 is 2.77 bits per heavy atom. The first-order valence-corrected chi connectivity index (χ1v) is 8.13. The lowest BCUT2D eigenvalue weighted by molar-refractivity contribution is 0.0839. The molecule has 3 heterocycles. The van der Waals surface area contributed by atoms with Crippen molar-refractivity contribution in [3.63, 3.8) is 0 Å². The van der Waals surface area contributed by atoms with Crippen molar-refractivity contribution in [2.75, 3.05) is 13.2 Å². The number of halogens is 1. The Kier molecular flexibility index (Phi) is 3.76. The summed E-state index contributed by atoms with van der Waals surface area (Å²) in [5.41, 5.74) is 1.04. The summed E-state index contributed by atoms with van der Waals surface area (Å²) < 4.78 is 13.6. The molecule has 0 spiro atoms. The third kappa shape index (κ3) is 2.96. The Bertz CT molecular complexity index is 663. The highest BCUT2D eigenvalue weighted by molar-refractivity contribution is 6.29. The summed E-state index contributed by atoms with van der Waals surface area (Å²) in [6.45, 7) is 1.59. The minimum absolute atomic E-state index is 0.404. The standard InChI is InChI=1S/C16H18ClN3O2/c17-15-9-13(3-6-18-15)22-14-10-20(12-1-2-12)19-16(14)11-4-7-21-8-5-11/h3,6,9-12H,1-2,4-5,7-8H2. The summed E-state index contributed by atoms with van der Waals surface area (Å²) >= 11 is 5.94. The van der Waals surface area contributed by atoms with Gasteiger partial charge in [0.05, 0.1) is 12.2 Å². The lowest BCUT2D eigenvalue weighted by Gasteiger charge is -2.21. The molecule has 4 rings (SSSR count). The monoisotopic (exact) mass is 319 g/mol. The molecule has 0 unspecified atom stereocenters. The molecular formula is C16H18ClN3O2. The molecule has 1 saturated heterocycles. The van der Waals surface area contributed by atoms with Gasteiger partial charge in [-0.25, -0.2) is 4.98 Å². The Hall–Kier alpha value is -1.59. The van der Waals surface area contributed by atoms with Crippen LogP contribution in [0.2, 0.25) is 5.15 Å². The van der Waals surface area contributed by atoms with Gasteiger partial charge in [0.1, 0.15) is 16.6 Å². The number of aromatic nitrogens is 3. The minimum atomic E-state index is 0.404. The van der Waals surface area contributed by atoms with Gasteiger partial charge in [0.2, 0.25) is 0 Å². The Morgan fingerprint density at radius 2 is 2.05 bits per heavy atom. The lowest BCUT2D eigenvalue weighted by Crippen LogP contribution is -2.15. The summed E-state index contributed by atoms with van der Waals surface area (Å²) in [7, 11) is 0. The number of pyridine rings is 1. The zero-order chi connectivity index (χ0) is 14.9. The van der Waals surface area contributed by atoms with Crippen LogP contribution in [-0.4, -0.2) is 28.0 Å². The summed E-state index contributed by atoms with van der Waals surface area (Å²) in [6.07, 6.45) is 8.07. The van der Waals surface area contributed by atoms with E-state index in [4.69, 9.17) is 26.2 Å². The van der Waals surface area contributed by atoms with Crippen LogP contribution < -0.4 is 4.74 Å². The molecule has 0 N–H and O–H groups in total. The number of nitrogens with zero attached hydrogens (tertiary/aromatic N) is 3. The van der Waals surface area contributed by atoms with Crippen molar-refractivity contribution < 1.29 is 9.47 Å². The maximum absolute atomic E-state index is 6.05. The number of ether oxygens (including phenoxy) is 2. The first-order chi connectivity index (χ1) is 10.8. The van der Waals surface area contributed by atoms with Gasteiger partial charge in [0, 0.05) is 31.4 Å². The maximum Gasteiger partial charge on any atom is 0.168 e. The van der Waals surface area contributed by atoms with E-state index in [1.165, 1.54) is 12.8 Å². The van der Waals surface area contributed by atoms with Crippen molar-refractivity contribution in [3.8, 4) is 11.5 Å². The quantitative estimate of drug-likeness (QED) is 0.801. The number of hydrogen-bond donors (Lipinski definition) is 0. The van der Waals surface area contributed by atoms with Gasteiger partial charge < -0.3 is 9.47 Å². The second-order valence-electron chi connectivity index (χ2n) is 5.89. The maximum atomic E-state index is 6.05. The van der Waals surface area contributed by atoms with Crippen LogP contribution in [0.3, 0.4) is 0 Å². The average molecular weight is 320 g/mol. The first kappa shape index (κ1) is 14.0. The topological polar surface area (TPSA) is 49.2 Å². The summed E-state index contributed by atoms with van der Waals surface area (Å²) in [5, 5.41) is 5.23. The molecule has 0 atom stereocenters. The van der Waals surface area contributed by atoms with E-state index in [1.54, 1.807) is 12.3 Å². The van der Waals surface area contributed by atoms with Crippen LogP contribution in [0.25, 0.3) is 0 Å². The van der Waals surface area contributed by atoms with Crippen LogP contribution in [0.1, 0.15) is 43.3 Å². The fourth-order valence-electron chi connectivity index (χ4n) is 2.82.